The minimum Gasteiger partial charge on any atom is -0.360 e. The molecule has 0 unspecified atom stereocenters. The zero-order valence-electron chi connectivity index (χ0n) is 9.89. The van der Waals surface area contributed by atoms with Gasteiger partial charge in [0.25, 0.3) is 11.6 Å². The Hall–Kier alpha value is -2.74. The minimum atomic E-state index is -0.757. The molecule has 0 saturated heterocycles. The molecule has 0 aliphatic rings. The molecular formula is C11H10N4O4. The number of hydrogen-bond donors (Lipinski definition) is 3. The van der Waals surface area contributed by atoms with Crippen LogP contribution < -0.4 is 16.7 Å². The summed E-state index contributed by atoms with van der Waals surface area (Å²) in [6.45, 7) is 1.63. The van der Waals surface area contributed by atoms with E-state index in [1.165, 1.54) is 12.3 Å². The van der Waals surface area contributed by atoms with E-state index in [0.717, 1.165) is 6.07 Å². The number of carbonyl (C=O) groups is 1. The van der Waals surface area contributed by atoms with Gasteiger partial charge in [0.05, 0.1) is 15.8 Å². The lowest BCUT2D eigenvalue weighted by Crippen LogP contribution is -2.33. The lowest BCUT2D eigenvalue weighted by molar-refractivity contribution is -0.384. The van der Waals surface area contributed by atoms with E-state index in [-0.39, 0.29) is 16.6 Å². The number of aryl methyl sites for hydroxylation is 1. The average Bonchev–Trinajstić information content (AvgIpc) is 2.38. The molecule has 98 valence electrons. The second-order valence-electron chi connectivity index (χ2n) is 3.95. The number of pyridine rings is 1. The number of nitrogen functional groups attached to an aromatic ring is 1. The van der Waals surface area contributed by atoms with Gasteiger partial charge in [-0.2, -0.15) is 0 Å². The molecule has 0 aliphatic heterocycles. The van der Waals surface area contributed by atoms with Gasteiger partial charge in [0.15, 0.2) is 0 Å². The molecule has 0 aliphatic carbocycles. The van der Waals surface area contributed by atoms with E-state index in [4.69, 9.17) is 5.84 Å². The number of non-ortho nitro benzene ring substituents is 1. The number of rotatable bonds is 2. The molecule has 19 heavy (non-hydrogen) atoms. The van der Waals surface area contributed by atoms with Crippen LogP contribution in [-0.2, 0) is 0 Å². The largest absolute Gasteiger partial charge is 0.360 e. The molecule has 0 spiro atoms. The molecule has 0 saturated carbocycles. The topological polar surface area (TPSA) is 131 Å². The van der Waals surface area contributed by atoms with Crippen LogP contribution in [0.3, 0.4) is 0 Å². The normalized spacial score (nSPS) is 10.4. The van der Waals surface area contributed by atoms with Gasteiger partial charge in [-0.25, -0.2) is 5.84 Å². The summed E-state index contributed by atoms with van der Waals surface area (Å²) < 4.78 is 0. The van der Waals surface area contributed by atoms with Gasteiger partial charge in [-0.15, -0.1) is 0 Å². The average molecular weight is 262 g/mol. The number of carbonyl (C=O) groups excluding carboxylic acids is 1. The van der Waals surface area contributed by atoms with Crippen molar-refractivity contribution in [2.45, 2.75) is 6.92 Å². The molecule has 0 bridgehead atoms. The number of hydrogen-bond acceptors (Lipinski definition) is 5. The Balaban J connectivity index is 2.84. The second kappa shape index (κ2) is 4.50. The number of nitrogens with two attached hydrogens (primary N) is 1. The first-order valence-electron chi connectivity index (χ1n) is 5.27. The summed E-state index contributed by atoms with van der Waals surface area (Å²) in [6, 6.07) is 2.48. The maximum Gasteiger partial charge on any atom is 0.270 e. The number of benzene rings is 1. The van der Waals surface area contributed by atoms with Crippen molar-refractivity contribution in [3.63, 3.8) is 0 Å². The Labute approximate surface area is 106 Å². The van der Waals surface area contributed by atoms with Crippen molar-refractivity contribution in [2.75, 3.05) is 0 Å². The van der Waals surface area contributed by atoms with Gasteiger partial charge in [-0.3, -0.25) is 25.1 Å². The van der Waals surface area contributed by atoms with Crippen molar-refractivity contribution in [3.8, 4) is 0 Å². The van der Waals surface area contributed by atoms with Crippen LogP contribution in [0.1, 0.15) is 15.9 Å². The summed E-state index contributed by atoms with van der Waals surface area (Å²) in [5, 5.41) is 10.9. The summed E-state index contributed by atoms with van der Waals surface area (Å²) in [4.78, 5) is 36.4. The van der Waals surface area contributed by atoms with E-state index in [1.54, 1.807) is 6.92 Å². The van der Waals surface area contributed by atoms with Crippen molar-refractivity contribution >= 4 is 22.5 Å². The molecule has 8 heteroatoms. The van der Waals surface area contributed by atoms with Crippen molar-refractivity contribution in [2.24, 2.45) is 5.84 Å². The van der Waals surface area contributed by atoms with Gasteiger partial charge in [-0.05, 0) is 12.5 Å². The van der Waals surface area contributed by atoms with Crippen LogP contribution in [0.15, 0.2) is 23.1 Å². The third kappa shape index (κ3) is 2.04. The Morgan fingerprint density at radius 1 is 1.47 bits per heavy atom. The molecule has 2 rings (SSSR count). The number of aromatic amines is 1. The highest BCUT2D eigenvalue weighted by Crippen LogP contribution is 2.21. The van der Waals surface area contributed by atoms with Gasteiger partial charge in [0, 0.05) is 18.3 Å². The summed E-state index contributed by atoms with van der Waals surface area (Å²) >= 11 is 0. The first-order chi connectivity index (χ1) is 8.95. The fraction of sp³-hybridized carbons (Fsp3) is 0.0909. The van der Waals surface area contributed by atoms with Gasteiger partial charge in [0.1, 0.15) is 5.56 Å². The lowest BCUT2D eigenvalue weighted by Gasteiger charge is -2.04. The van der Waals surface area contributed by atoms with Crippen molar-refractivity contribution < 1.29 is 9.72 Å². The summed E-state index contributed by atoms with van der Waals surface area (Å²) in [7, 11) is 0. The van der Waals surface area contributed by atoms with Crippen LogP contribution in [0.2, 0.25) is 0 Å². The molecule has 1 heterocycles. The zero-order valence-corrected chi connectivity index (χ0v) is 9.89. The van der Waals surface area contributed by atoms with Crippen LogP contribution in [0.4, 0.5) is 5.69 Å². The number of fused-ring (bicyclic) bond motifs is 1. The molecule has 8 nitrogen and oxygen atoms in total. The maximum atomic E-state index is 12.1. The third-order valence-electron chi connectivity index (χ3n) is 2.76. The first-order valence-corrected chi connectivity index (χ1v) is 5.27. The zero-order chi connectivity index (χ0) is 14.2. The quantitative estimate of drug-likeness (QED) is 0.311. The molecule has 0 radical (unpaired) electrons. The predicted octanol–water partition coefficient (Wildman–Crippen LogP) is 0.348. The smallest absolute Gasteiger partial charge is 0.270 e. The fourth-order valence-corrected chi connectivity index (χ4v) is 1.85. The highest BCUT2D eigenvalue weighted by Gasteiger charge is 2.16. The Morgan fingerprint density at radius 3 is 2.74 bits per heavy atom. The molecule has 1 amide bonds. The Bertz CT molecular complexity index is 750. The molecule has 2 aromatic rings. The maximum absolute atomic E-state index is 12.1. The predicted molar refractivity (Wildman–Crippen MR) is 67.6 cm³/mol. The van der Waals surface area contributed by atoms with Crippen LogP contribution >= 0.6 is 0 Å². The van der Waals surface area contributed by atoms with Crippen LogP contribution in [0.5, 0.6) is 0 Å². The SMILES string of the molecule is Cc1cc([N+](=O)[O-])cc2c(=O)c(C(=O)NN)c[nH]c12. The third-order valence-corrected chi connectivity index (χ3v) is 2.76. The van der Waals surface area contributed by atoms with Crippen molar-refractivity contribution in [1.82, 2.24) is 10.4 Å². The second-order valence-corrected chi connectivity index (χ2v) is 3.95. The van der Waals surface area contributed by atoms with Gasteiger partial charge < -0.3 is 4.98 Å². The number of nitro groups is 1. The summed E-state index contributed by atoms with van der Waals surface area (Å²) in [6.07, 6.45) is 1.23. The van der Waals surface area contributed by atoms with E-state index < -0.39 is 16.3 Å². The molecule has 4 N–H and O–H groups in total. The molecule has 0 atom stereocenters. The first kappa shape index (κ1) is 12.7. The van der Waals surface area contributed by atoms with Gasteiger partial charge >= 0.3 is 0 Å². The number of hydrazine groups is 1. The van der Waals surface area contributed by atoms with Crippen molar-refractivity contribution in [3.05, 3.63) is 49.8 Å². The van der Waals surface area contributed by atoms with E-state index in [2.05, 4.69) is 4.98 Å². The number of H-pyrrole nitrogens is 1. The molecule has 0 fully saturated rings. The van der Waals surface area contributed by atoms with Gasteiger partial charge in [-0.1, -0.05) is 0 Å². The van der Waals surface area contributed by atoms with Crippen molar-refractivity contribution in [1.29, 1.82) is 0 Å². The number of amides is 1. The van der Waals surface area contributed by atoms with Gasteiger partial charge in [0.2, 0.25) is 5.43 Å². The highest BCUT2D eigenvalue weighted by atomic mass is 16.6. The summed E-state index contributed by atoms with van der Waals surface area (Å²) in [5.74, 6) is 4.21. The number of nitrogens with one attached hydrogen (secondary N) is 2. The van der Waals surface area contributed by atoms with Crippen LogP contribution in [0.25, 0.3) is 10.9 Å². The highest BCUT2D eigenvalue weighted by molar-refractivity contribution is 5.97. The van der Waals surface area contributed by atoms with E-state index >= 15 is 0 Å². The summed E-state index contributed by atoms with van der Waals surface area (Å²) in [5.41, 5.74) is 1.82. The van der Waals surface area contributed by atoms with Crippen LogP contribution in [0, 0.1) is 17.0 Å². The molecule has 1 aromatic carbocycles. The van der Waals surface area contributed by atoms with E-state index in [1.807, 2.05) is 5.43 Å². The monoisotopic (exact) mass is 262 g/mol. The van der Waals surface area contributed by atoms with Crippen LogP contribution in [-0.4, -0.2) is 15.8 Å². The van der Waals surface area contributed by atoms with E-state index in [9.17, 15) is 19.7 Å². The van der Waals surface area contributed by atoms with E-state index in [0.29, 0.717) is 11.1 Å². The Kier molecular flexibility index (Phi) is 3.01. The number of aromatic nitrogens is 1. The Morgan fingerprint density at radius 2 is 2.16 bits per heavy atom. The number of nitrogens with zero attached hydrogens (tertiary/aromatic N) is 1. The fourth-order valence-electron chi connectivity index (χ4n) is 1.85. The molecule has 1 aromatic heterocycles. The standard InChI is InChI=1S/C11H10N4O4/c1-5-2-6(15(18)19)3-7-9(5)13-4-8(10(7)16)11(17)14-12/h2-4H,12H2,1H3,(H,13,16)(H,14,17). The number of nitro benzene ring substituents is 1. The minimum absolute atomic E-state index is 0.0767. The molecular weight excluding hydrogens is 252 g/mol. The lowest BCUT2D eigenvalue weighted by atomic mass is 10.1.